The third-order valence-electron chi connectivity index (χ3n) is 4.12. The zero-order valence-corrected chi connectivity index (χ0v) is 14.5. The lowest BCUT2D eigenvalue weighted by Crippen LogP contribution is -2.23. The SMILES string of the molecule is N#Cc1ccc(C(=O)OCC(=O)Nc2ccc(N3CCCC3=O)cc2)cc1. The number of nitriles is 1. The first-order valence-electron chi connectivity index (χ1n) is 8.44. The molecule has 0 saturated carbocycles. The summed E-state index contributed by atoms with van der Waals surface area (Å²) in [4.78, 5) is 37.3. The minimum Gasteiger partial charge on any atom is -0.452 e. The Morgan fingerprint density at radius 1 is 1.11 bits per heavy atom. The number of nitrogens with zero attached hydrogens (tertiary/aromatic N) is 2. The van der Waals surface area contributed by atoms with Crippen LogP contribution in [0.3, 0.4) is 0 Å². The number of amides is 2. The van der Waals surface area contributed by atoms with Crippen LogP contribution < -0.4 is 10.2 Å². The van der Waals surface area contributed by atoms with E-state index in [2.05, 4.69) is 5.32 Å². The maximum Gasteiger partial charge on any atom is 0.338 e. The lowest BCUT2D eigenvalue weighted by molar-refractivity contribution is -0.119. The van der Waals surface area contributed by atoms with Crippen molar-refractivity contribution in [1.82, 2.24) is 0 Å². The van der Waals surface area contributed by atoms with Crippen LogP contribution in [0.2, 0.25) is 0 Å². The van der Waals surface area contributed by atoms with E-state index >= 15 is 0 Å². The van der Waals surface area contributed by atoms with E-state index in [1.807, 2.05) is 6.07 Å². The highest BCUT2D eigenvalue weighted by Gasteiger charge is 2.21. The molecule has 2 amide bonds. The van der Waals surface area contributed by atoms with Crippen molar-refractivity contribution in [2.24, 2.45) is 0 Å². The van der Waals surface area contributed by atoms with Gasteiger partial charge in [0.25, 0.3) is 5.91 Å². The minimum absolute atomic E-state index is 0.0986. The van der Waals surface area contributed by atoms with E-state index in [4.69, 9.17) is 10.00 Å². The summed E-state index contributed by atoms with van der Waals surface area (Å²) < 4.78 is 4.97. The van der Waals surface area contributed by atoms with Crippen molar-refractivity contribution >= 4 is 29.2 Å². The number of carbonyl (C=O) groups excluding carboxylic acids is 3. The molecule has 3 rings (SSSR count). The van der Waals surface area contributed by atoms with Crippen molar-refractivity contribution in [3.05, 3.63) is 59.7 Å². The van der Waals surface area contributed by atoms with Gasteiger partial charge in [-0.1, -0.05) is 0 Å². The van der Waals surface area contributed by atoms with Gasteiger partial charge in [0.2, 0.25) is 5.91 Å². The fraction of sp³-hybridized carbons (Fsp3) is 0.200. The van der Waals surface area contributed by atoms with Crippen molar-refractivity contribution in [2.45, 2.75) is 12.8 Å². The van der Waals surface area contributed by atoms with Crippen LogP contribution in [0.4, 0.5) is 11.4 Å². The Kier molecular flexibility index (Phi) is 5.47. The van der Waals surface area contributed by atoms with Gasteiger partial charge in [0.15, 0.2) is 6.61 Å². The molecule has 7 heteroatoms. The van der Waals surface area contributed by atoms with E-state index in [1.165, 1.54) is 24.3 Å². The Labute approximate surface area is 156 Å². The van der Waals surface area contributed by atoms with Crippen molar-refractivity contribution < 1.29 is 19.1 Å². The predicted octanol–water partition coefficient (Wildman–Crippen LogP) is 2.48. The monoisotopic (exact) mass is 363 g/mol. The number of ether oxygens (including phenoxy) is 1. The molecule has 0 atom stereocenters. The van der Waals surface area contributed by atoms with Gasteiger partial charge in [0, 0.05) is 24.3 Å². The number of benzene rings is 2. The van der Waals surface area contributed by atoms with E-state index in [1.54, 1.807) is 29.2 Å². The molecule has 0 aromatic heterocycles. The molecule has 1 fully saturated rings. The second-order valence-electron chi connectivity index (χ2n) is 6.01. The molecule has 7 nitrogen and oxygen atoms in total. The molecule has 0 spiro atoms. The molecule has 1 saturated heterocycles. The van der Waals surface area contributed by atoms with E-state index in [9.17, 15) is 14.4 Å². The summed E-state index contributed by atoms with van der Waals surface area (Å²) in [5.41, 5.74) is 2.04. The molecular weight excluding hydrogens is 346 g/mol. The minimum atomic E-state index is -0.641. The van der Waals surface area contributed by atoms with Crippen molar-refractivity contribution in [3.63, 3.8) is 0 Å². The third kappa shape index (κ3) is 4.50. The molecule has 2 aromatic rings. The first-order chi connectivity index (χ1) is 13.1. The first kappa shape index (κ1) is 18.1. The molecule has 2 aromatic carbocycles. The van der Waals surface area contributed by atoms with Crippen LogP contribution >= 0.6 is 0 Å². The molecule has 0 aliphatic carbocycles. The van der Waals surface area contributed by atoms with Gasteiger partial charge in [-0.25, -0.2) is 4.79 Å². The Morgan fingerprint density at radius 3 is 2.41 bits per heavy atom. The topological polar surface area (TPSA) is 99.5 Å². The van der Waals surface area contributed by atoms with Crippen LogP contribution in [-0.2, 0) is 14.3 Å². The fourth-order valence-electron chi connectivity index (χ4n) is 2.74. The van der Waals surface area contributed by atoms with Gasteiger partial charge in [-0.3, -0.25) is 9.59 Å². The van der Waals surface area contributed by atoms with Gasteiger partial charge >= 0.3 is 5.97 Å². The summed E-state index contributed by atoms with van der Waals surface area (Å²) >= 11 is 0. The summed E-state index contributed by atoms with van der Waals surface area (Å²) in [6.07, 6.45) is 1.41. The molecule has 0 bridgehead atoms. The van der Waals surface area contributed by atoms with Crippen LogP contribution in [0.25, 0.3) is 0 Å². The largest absolute Gasteiger partial charge is 0.452 e. The highest BCUT2D eigenvalue weighted by molar-refractivity contribution is 5.97. The number of nitrogens with one attached hydrogen (secondary N) is 1. The average Bonchev–Trinajstić information content (AvgIpc) is 3.12. The number of carbonyl (C=O) groups is 3. The van der Waals surface area contributed by atoms with Gasteiger partial charge in [0.1, 0.15) is 0 Å². The van der Waals surface area contributed by atoms with Gasteiger partial charge in [-0.2, -0.15) is 5.26 Å². The summed E-state index contributed by atoms with van der Waals surface area (Å²) in [5.74, 6) is -1.01. The van der Waals surface area contributed by atoms with Gasteiger partial charge < -0.3 is 15.0 Å². The summed E-state index contributed by atoms with van der Waals surface area (Å²) in [6.45, 7) is 0.279. The Bertz CT molecular complexity index is 898. The van der Waals surface area contributed by atoms with Crippen molar-refractivity contribution in [3.8, 4) is 6.07 Å². The molecular formula is C20H17N3O4. The van der Waals surface area contributed by atoms with Crippen molar-refractivity contribution in [2.75, 3.05) is 23.4 Å². The smallest absolute Gasteiger partial charge is 0.338 e. The number of esters is 1. The van der Waals surface area contributed by atoms with Crippen LogP contribution in [0.15, 0.2) is 48.5 Å². The number of anilines is 2. The third-order valence-corrected chi connectivity index (χ3v) is 4.12. The number of hydrogen-bond acceptors (Lipinski definition) is 5. The van der Waals surface area contributed by atoms with Gasteiger partial charge in [-0.05, 0) is 55.0 Å². The number of hydrogen-bond donors (Lipinski definition) is 1. The predicted molar refractivity (Wildman–Crippen MR) is 98.1 cm³/mol. The lowest BCUT2D eigenvalue weighted by Gasteiger charge is -2.16. The first-order valence-corrected chi connectivity index (χ1v) is 8.44. The molecule has 1 heterocycles. The molecule has 27 heavy (non-hydrogen) atoms. The highest BCUT2D eigenvalue weighted by Crippen LogP contribution is 2.23. The number of rotatable bonds is 5. The molecule has 1 aliphatic rings. The summed E-state index contributed by atoms with van der Waals surface area (Å²) in [5, 5.41) is 11.4. The van der Waals surface area contributed by atoms with E-state index < -0.39 is 18.5 Å². The maximum atomic E-state index is 11.9. The highest BCUT2D eigenvalue weighted by atomic mass is 16.5. The molecule has 0 radical (unpaired) electrons. The van der Waals surface area contributed by atoms with Crippen LogP contribution in [-0.4, -0.2) is 30.9 Å². The van der Waals surface area contributed by atoms with Crippen LogP contribution in [0, 0.1) is 11.3 Å². The summed E-state index contributed by atoms with van der Waals surface area (Å²) in [6, 6.07) is 14.8. The van der Waals surface area contributed by atoms with Crippen LogP contribution in [0.5, 0.6) is 0 Å². The second-order valence-corrected chi connectivity index (χ2v) is 6.01. The Morgan fingerprint density at radius 2 is 1.81 bits per heavy atom. The quantitative estimate of drug-likeness (QED) is 0.823. The zero-order chi connectivity index (χ0) is 19.2. The molecule has 0 unspecified atom stereocenters. The molecule has 1 N–H and O–H groups in total. The van der Waals surface area contributed by atoms with Crippen molar-refractivity contribution in [1.29, 1.82) is 5.26 Å². The Hall–Kier alpha value is -3.66. The Balaban J connectivity index is 1.50. The average molecular weight is 363 g/mol. The second kappa shape index (κ2) is 8.15. The van der Waals surface area contributed by atoms with Gasteiger partial charge in [-0.15, -0.1) is 0 Å². The van der Waals surface area contributed by atoms with E-state index in [0.717, 1.165) is 12.1 Å². The summed E-state index contributed by atoms with van der Waals surface area (Å²) in [7, 11) is 0. The molecule has 136 valence electrons. The van der Waals surface area contributed by atoms with E-state index in [-0.39, 0.29) is 11.5 Å². The molecule has 1 aliphatic heterocycles. The van der Waals surface area contributed by atoms with Gasteiger partial charge in [0.05, 0.1) is 17.2 Å². The zero-order valence-electron chi connectivity index (χ0n) is 14.5. The normalized spacial score (nSPS) is 13.1. The van der Waals surface area contributed by atoms with Crippen LogP contribution in [0.1, 0.15) is 28.8 Å². The standard InChI is InChI=1S/C20H17N3O4/c21-12-14-3-5-15(6-4-14)20(26)27-13-18(24)22-16-7-9-17(10-8-16)23-11-1-2-19(23)25/h3-10H,1-2,11,13H2,(H,22,24). The lowest BCUT2D eigenvalue weighted by atomic mass is 10.1. The van der Waals surface area contributed by atoms with E-state index in [0.29, 0.717) is 24.2 Å². The maximum absolute atomic E-state index is 11.9. The fourth-order valence-corrected chi connectivity index (χ4v) is 2.74.